The number of hydrogen-bond acceptors (Lipinski definition) is 5. The van der Waals surface area contributed by atoms with E-state index in [9.17, 15) is 9.59 Å². The first-order valence-corrected chi connectivity index (χ1v) is 6.75. The molecule has 2 amide bonds. The lowest BCUT2D eigenvalue weighted by molar-refractivity contribution is -0.141. The lowest BCUT2D eigenvalue weighted by Crippen LogP contribution is -2.50. The highest BCUT2D eigenvalue weighted by atomic mass is 16.5. The fraction of sp³-hybridized carbons (Fsp3) is 0.667. The van der Waals surface area contributed by atoms with Crippen molar-refractivity contribution in [2.24, 2.45) is 7.05 Å². The number of urea groups is 1. The second-order valence-electron chi connectivity index (χ2n) is 4.85. The van der Waals surface area contributed by atoms with E-state index in [1.165, 1.54) is 0 Å². The van der Waals surface area contributed by atoms with Crippen molar-refractivity contribution in [3.63, 3.8) is 0 Å². The number of carboxylic acids is 1. The highest BCUT2D eigenvalue weighted by molar-refractivity contribution is 5.74. The average molecular weight is 297 g/mol. The summed E-state index contributed by atoms with van der Waals surface area (Å²) in [5.74, 6) is -0.257. The maximum Gasteiger partial charge on any atom is 0.317 e. The molecule has 2 rings (SSSR count). The van der Waals surface area contributed by atoms with E-state index in [-0.39, 0.29) is 12.5 Å². The van der Waals surface area contributed by atoms with Crippen LogP contribution in [0.4, 0.5) is 4.79 Å². The molecule has 0 aliphatic carbocycles. The number of rotatable bonds is 5. The normalized spacial score (nSPS) is 18.5. The van der Waals surface area contributed by atoms with Crippen LogP contribution in [-0.2, 0) is 23.0 Å². The fourth-order valence-electron chi connectivity index (χ4n) is 2.11. The van der Waals surface area contributed by atoms with Crippen LogP contribution in [0.1, 0.15) is 12.2 Å². The molecule has 0 radical (unpaired) electrons. The Morgan fingerprint density at radius 3 is 3.05 bits per heavy atom. The number of carbonyl (C=O) groups excluding carboxylic acids is 1. The zero-order valence-electron chi connectivity index (χ0n) is 11.9. The quantitative estimate of drug-likeness (QED) is 0.739. The van der Waals surface area contributed by atoms with Crippen LogP contribution in [0.15, 0.2) is 6.33 Å². The van der Waals surface area contributed by atoms with E-state index in [2.05, 4.69) is 15.4 Å². The molecule has 1 aromatic rings. The third-order valence-corrected chi connectivity index (χ3v) is 3.10. The van der Waals surface area contributed by atoms with Crippen LogP contribution in [0.5, 0.6) is 0 Å². The van der Waals surface area contributed by atoms with Crippen LogP contribution in [0.25, 0.3) is 0 Å². The number of aliphatic carboxylic acids is 1. The first-order chi connectivity index (χ1) is 10.0. The minimum atomic E-state index is -0.927. The number of ether oxygens (including phenoxy) is 1. The van der Waals surface area contributed by atoms with Crippen molar-refractivity contribution in [1.82, 2.24) is 25.0 Å². The van der Waals surface area contributed by atoms with Crippen molar-refractivity contribution < 1.29 is 19.4 Å². The number of nitrogens with one attached hydrogen (secondary N) is 1. The number of aryl methyl sites for hydroxylation is 1. The molecule has 116 valence electrons. The van der Waals surface area contributed by atoms with E-state index in [0.29, 0.717) is 38.5 Å². The van der Waals surface area contributed by atoms with Crippen LogP contribution < -0.4 is 5.32 Å². The van der Waals surface area contributed by atoms with Gasteiger partial charge in [-0.3, -0.25) is 9.48 Å². The Morgan fingerprint density at radius 1 is 1.57 bits per heavy atom. The van der Waals surface area contributed by atoms with E-state index >= 15 is 0 Å². The second kappa shape index (κ2) is 7.02. The van der Waals surface area contributed by atoms with Crippen LogP contribution in [0.3, 0.4) is 0 Å². The summed E-state index contributed by atoms with van der Waals surface area (Å²) in [6, 6.07) is -0.218. The van der Waals surface area contributed by atoms with Gasteiger partial charge in [-0.25, -0.2) is 9.78 Å². The fourth-order valence-corrected chi connectivity index (χ4v) is 2.11. The number of morpholine rings is 1. The van der Waals surface area contributed by atoms with Gasteiger partial charge in [0.15, 0.2) is 5.82 Å². The molecule has 0 bridgehead atoms. The van der Waals surface area contributed by atoms with Crippen molar-refractivity contribution in [2.45, 2.75) is 18.9 Å². The number of carbonyl (C=O) groups is 2. The molecule has 1 aromatic heterocycles. The Hall–Kier alpha value is -2.16. The van der Waals surface area contributed by atoms with E-state index in [0.717, 1.165) is 0 Å². The smallest absolute Gasteiger partial charge is 0.317 e. The summed E-state index contributed by atoms with van der Waals surface area (Å²) in [7, 11) is 1.78. The summed E-state index contributed by atoms with van der Waals surface area (Å²) in [5.41, 5.74) is 0. The SMILES string of the molecule is Cn1cnc(CCNC(=O)N2CCOC(CC(=O)O)C2)n1. The van der Waals surface area contributed by atoms with Crippen LogP contribution in [0.2, 0.25) is 0 Å². The molecule has 21 heavy (non-hydrogen) atoms. The van der Waals surface area contributed by atoms with E-state index in [1.807, 2.05) is 0 Å². The van der Waals surface area contributed by atoms with Gasteiger partial charge in [0, 0.05) is 33.1 Å². The van der Waals surface area contributed by atoms with Gasteiger partial charge >= 0.3 is 12.0 Å². The lowest BCUT2D eigenvalue weighted by Gasteiger charge is -2.32. The van der Waals surface area contributed by atoms with E-state index in [1.54, 1.807) is 23.0 Å². The Kier molecular flexibility index (Phi) is 5.09. The number of nitrogens with zero attached hydrogens (tertiary/aromatic N) is 4. The van der Waals surface area contributed by atoms with Crippen LogP contribution in [0, 0.1) is 0 Å². The zero-order valence-corrected chi connectivity index (χ0v) is 11.9. The van der Waals surface area contributed by atoms with Crippen LogP contribution in [-0.4, -0.2) is 69.1 Å². The molecule has 1 saturated heterocycles. The topological polar surface area (TPSA) is 110 Å². The molecular formula is C12H19N5O4. The number of hydrogen-bond donors (Lipinski definition) is 2. The first-order valence-electron chi connectivity index (χ1n) is 6.75. The molecule has 0 spiro atoms. The van der Waals surface area contributed by atoms with Crippen molar-refractivity contribution in [3.05, 3.63) is 12.2 Å². The van der Waals surface area contributed by atoms with Gasteiger partial charge in [0.25, 0.3) is 0 Å². The summed E-state index contributed by atoms with van der Waals surface area (Å²) in [6.07, 6.45) is 1.62. The lowest BCUT2D eigenvalue weighted by atomic mass is 10.2. The zero-order chi connectivity index (χ0) is 15.2. The van der Waals surface area contributed by atoms with Gasteiger partial charge in [-0.15, -0.1) is 0 Å². The van der Waals surface area contributed by atoms with Gasteiger partial charge < -0.3 is 20.1 Å². The molecule has 1 aliphatic heterocycles. The first kappa shape index (κ1) is 15.2. The van der Waals surface area contributed by atoms with Crippen molar-refractivity contribution in [3.8, 4) is 0 Å². The maximum atomic E-state index is 12.0. The largest absolute Gasteiger partial charge is 0.481 e. The summed E-state index contributed by atoms with van der Waals surface area (Å²) in [4.78, 5) is 28.3. The monoisotopic (exact) mass is 297 g/mol. The highest BCUT2D eigenvalue weighted by Crippen LogP contribution is 2.08. The van der Waals surface area contributed by atoms with Crippen molar-refractivity contribution >= 4 is 12.0 Å². The Balaban J connectivity index is 1.73. The van der Waals surface area contributed by atoms with Crippen molar-refractivity contribution in [2.75, 3.05) is 26.2 Å². The van der Waals surface area contributed by atoms with E-state index in [4.69, 9.17) is 9.84 Å². The molecule has 1 aliphatic rings. The highest BCUT2D eigenvalue weighted by Gasteiger charge is 2.25. The van der Waals surface area contributed by atoms with Gasteiger partial charge in [-0.1, -0.05) is 0 Å². The molecule has 1 atom stereocenters. The predicted molar refractivity (Wildman–Crippen MR) is 71.7 cm³/mol. The molecule has 1 unspecified atom stereocenters. The Labute approximate surface area is 121 Å². The molecular weight excluding hydrogens is 278 g/mol. The molecule has 9 nitrogen and oxygen atoms in total. The maximum absolute atomic E-state index is 12.0. The average Bonchev–Trinajstić information content (AvgIpc) is 2.84. The summed E-state index contributed by atoms with van der Waals surface area (Å²) < 4.78 is 6.93. The minimum absolute atomic E-state index is 0.0956. The van der Waals surface area contributed by atoms with Gasteiger partial charge in [0.1, 0.15) is 6.33 Å². The molecule has 0 saturated carbocycles. The number of amides is 2. The van der Waals surface area contributed by atoms with Crippen molar-refractivity contribution in [1.29, 1.82) is 0 Å². The third kappa shape index (κ3) is 4.71. The second-order valence-corrected chi connectivity index (χ2v) is 4.85. The van der Waals surface area contributed by atoms with E-state index < -0.39 is 12.1 Å². The molecule has 2 heterocycles. The predicted octanol–water partition coefficient (Wildman–Crippen LogP) is -0.757. The summed E-state index contributed by atoms with van der Waals surface area (Å²) in [5, 5.41) is 15.6. The number of carboxylic acid groups (broad SMARTS) is 1. The van der Waals surface area contributed by atoms with Gasteiger partial charge in [-0.2, -0.15) is 5.10 Å². The third-order valence-electron chi connectivity index (χ3n) is 3.10. The summed E-state index contributed by atoms with van der Waals surface area (Å²) >= 11 is 0. The molecule has 0 aromatic carbocycles. The minimum Gasteiger partial charge on any atom is -0.481 e. The van der Waals surface area contributed by atoms with Gasteiger partial charge in [0.2, 0.25) is 0 Å². The van der Waals surface area contributed by atoms with Gasteiger partial charge in [0.05, 0.1) is 19.1 Å². The Bertz CT molecular complexity index is 504. The molecule has 2 N–H and O–H groups in total. The van der Waals surface area contributed by atoms with Gasteiger partial charge in [-0.05, 0) is 0 Å². The standard InChI is InChI=1S/C12H19N5O4/c1-16-8-14-10(15-16)2-3-13-12(20)17-4-5-21-9(7-17)6-11(18)19/h8-9H,2-7H2,1H3,(H,13,20)(H,18,19). The Morgan fingerprint density at radius 2 is 2.38 bits per heavy atom. The van der Waals surface area contributed by atoms with Crippen LogP contribution >= 0.6 is 0 Å². The number of aromatic nitrogens is 3. The summed E-state index contributed by atoms with van der Waals surface area (Å²) in [6.45, 7) is 1.54. The molecule has 1 fully saturated rings. The molecule has 9 heteroatoms.